The Kier molecular flexibility index (Phi) is 4.58. The largest absolute Gasteiger partial charge is 0.391 e. The van der Waals surface area contributed by atoms with Crippen LogP contribution in [-0.4, -0.2) is 70.6 Å². The van der Waals surface area contributed by atoms with Gasteiger partial charge in [0.05, 0.1) is 6.10 Å². The molecule has 1 aromatic rings. The summed E-state index contributed by atoms with van der Waals surface area (Å²) in [5, 5.41) is 12.4. The van der Waals surface area contributed by atoms with Gasteiger partial charge in [0.2, 0.25) is 11.8 Å². The molecule has 7 heteroatoms. The fourth-order valence-corrected chi connectivity index (χ4v) is 3.34. The summed E-state index contributed by atoms with van der Waals surface area (Å²) in [4.78, 5) is 28.5. The third kappa shape index (κ3) is 2.90. The number of hydrogen-bond acceptors (Lipinski definition) is 5. The summed E-state index contributed by atoms with van der Waals surface area (Å²) in [7, 11) is 0. The summed E-state index contributed by atoms with van der Waals surface area (Å²) in [6, 6.07) is 9.03. The molecule has 0 bridgehead atoms. The molecule has 2 fully saturated rings. The number of rotatable bonds is 4. The second-order valence-electron chi connectivity index (χ2n) is 6.65. The van der Waals surface area contributed by atoms with Crippen molar-refractivity contribution in [2.24, 2.45) is 5.73 Å². The van der Waals surface area contributed by atoms with Gasteiger partial charge in [0.1, 0.15) is 11.6 Å². The van der Waals surface area contributed by atoms with Gasteiger partial charge in [-0.2, -0.15) is 0 Å². The van der Waals surface area contributed by atoms with E-state index in [0.29, 0.717) is 32.7 Å². The molecule has 0 saturated carbocycles. The first-order valence-electron chi connectivity index (χ1n) is 8.24. The standard InChI is InChI=1S/C17H24N4O3/c1-12(22)14(18)15(23)20-7-8-21(9-13-5-3-2-4-6-13)17(11-20)10-19-16(17)24/h2-6,12,14,22H,7-11,18H2,1H3,(H,19,24). The number of aliphatic hydroxyl groups is 1. The van der Waals surface area contributed by atoms with E-state index < -0.39 is 17.7 Å². The van der Waals surface area contributed by atoms with Crippen LogP contribution in [0.5, 0.6) is 0 Å². The van der Waals surface area contributed by atoms with Crippen LogP contribution in [0, 0.1) is 0 Å². The van der Waals surface area contributed by atoms with Crippen LogP contribution in [0.2, 0.25) is 0 Å². The van der Waals surface area contributed by atoms with Crippen molar-refractivity contribution in [1.82, 2.24) is 15.1 Å². The Labute approximate surface area is 141 Å². The number of nitrogens with one attached hydrogen (secondary N) is 1. The predicted octanol–water partition coefficient (Wildman–Crippen LogP) is -1.09. The molecular formula is C17H24N4O3. The van der Waals surface area contributed by atoms with Gasteiger partial charge in [-0.25, -0.2) is 0 Å². The molecule has 0 aromatic heterocycles. The lowest BCUT2D eigenvalue weighted by atomic mass is 9.85. The minimum Gasteiger partial charge on any atom is -0.391 e. The third-order valence-electron chi connectivity index (χ3n) is 4.99. The Morgan fingerprint density at radius 1 is 1.38 bits per heavy atom. The zero-order valence-electron chi connectivity index (χ0n) is 13.8. The Balaban J connectivity index is 1.76. The van der Waals surface area contributed by atoms with Crippen molar-refractivity contribution in [3.63, 3.8) is 0 Å². The number of benzene rings is 1. The smallest absolute Gasteiger partial charge is 0.244 e. The molecule has 2 heterocycles. The molecule has 3 rings (SSSR count). The number of amides is 2. The highest BCUT2D eigenvalue weighted by atomic mass is 16.3. The number of hydrogen-bond donors (Lipinski definition) is 3. The van der Waals surface area contributed by atoms with Crippen LogP contribution in [0.25, 0.3) is 0 Å². The van der Waals surface area contributed by atoms with Crippen molar-refractivity contribution in [2.45, 2.75) is 31.2 Å². The van der Waals surface area contributed by atoms with Crippen LogP contribution in [0.4, 0.5) is 0 Å². The topological polar surface area (TPSA) is 98.9 Å². The maximum Gasteiger partial charge on any atom is 0.244 e. The number of aliphatic hydroxyl groups excluding tert-OH is 1. The minimum absolute atomic E-state index is 0.0541. The van der Waals surface area contributed by atoms with Gasteiger partial charge in [-0.3, -0.25) is 14.5 Å². The van der Waals surface area contributed by atoms with Crippen molar-refractivity contribution in [3.05, 3.63) is 35.9 Å². The highest BCUT2D eigenvalue weighted by Gasteiger charge is 2.54. The maximum absolute atomic E-state index is 12.4. The van der Waals surface area contributed by atoms with Crippen LogP contribution >= 0.6 is 0 Å². The first-order valence-corrected chi connectivity index (χ1v) is 8.24. The number of piperazine rings is 1. The SMILES string of the molecule is CC(O)C(N)C(=O)N1CCN(Cc2ccccc2)C2(CNC2=O)C1. The number of nitrogens with two attached hydrogens (primary N) is 1. The van der Waals surface area contributed by atoms with Crippen LogP contribution in [0.3, 0.4) is 0 Å². The molecule has 130 valence electrons. The summed E-state index contributed by atoms with van der Waals surface area (Å²) in [5.41, 5.74) is 6.22. The number of carbonyl (C=O) groups excluding carboxylic acids is 2. The molecule has 1 spiro atoms. The molecule has 24 heavy (non-hydrogen) atoms. The molecule has 2 saturated heterocycles. The summed E-state index contributed by atoms with van der Waals surface area (Å²) in [5.74, 6) is -0.356. The molecule has 2 amide bonds. The number of nitrogens with zero attached hydrogens (tertiary/aromatic N) is 2. The molecule has 0 radical (unpaired) electrons. The van der Waals surface area contributed by atoms with Crippen LogP contribution in [-0.2, 0) is 16.1 Å². The molecular weight excluding hydrogens is 308 g/mol. The van der Waals surface area contributed by atoms with E-state index in [-0.39, 0.29) is 11.8 Å². The van der Waals surface area contributed by atoms with Gasteiger partial charge in [0.15, 0.2) is 0 Å². The first-order chi connectivity index (χ1) is 11.4. The lowest BCUT2D eigenvalue weighted by Crippen LogP contribution is -2.79. The van der Waals surface area contributed by atoms with Gasteiger partial charge in [0.25, 0.3) is 0 Å². The van der Waals surface area contributed by atoms with Crippen molar-refractivity contribution in [1.29, 1.82) is 0 Å². The van der Waals surface area contributed by atoms with Gasteiger partial charge in [-0.05, 0) is 12.5 Å². The van der Waals surface area contributed by atoms with Crippen molar-refractivity contribution < 1.29 is 14.7 Å². The van der Waals surface area contributed by atoms with Gasteiger partial charge in [-0.15, -0.1) is 0 Å². The van der Waals surface area contributed by atoms with Gasteiger partial charge in [0, 0.05) is 32.7 Å². The van der Waals surface area contributed by atoms with E-state index in [0.717, 1.165) is 5.56 Å². The van der Waals surface area contributed by atoms with Gasteiger partial charge >= 0.3 is 0 Å². The van der Waals surface area contributed by atoms with Gasteiger partial charge < -0.3 is 21.1 Å². The van der Waals surface area contributed by atoms with Gasteiger partial charge in [-0.1, -0.05) is 30.3 Å². The zero-order valence-corrected chi connectivity index (χ0v) is 13.8. The predicted molar refractivity (Wildman–Crippen MR) is 88.8 cm³/mol. The fourth-order valence-electron chi connectivity index (χ4n) is 3.34. The quantitative estimate of drug-likeness (QED) is 0.609. The molecule has 2 aliphatic rings. The molecule has 2 aliphatic heterocycles. The average Bonchev–Trinajstić information content (AvgIpc) is 2.60. The summed E-state index contributed by atoms with van der Waals surface area (Å²) in [6.45, 7) is 4.10. The maximum atomic E-state index is 12.4. The summed E-state index contributed by atoms with van der Waals surface area (Å²) >= 11 is 0. The summed E-state index contributed by atoms with van der Waals surface area (Å²) < 4.78 is 0. The third-order valence-corrected chi connectivity index (χ3v) is 4.99. The monoisotopic (exact) mass is 332 g/mol. The molecule has 3 atom stereocenters. The normalized spacial score (nSPS) is 26.6. The van der Waals surface area contributed by atoms with Crippen molar-refractivity contribution in [2.75, 3.05) is 26.2 Å². The van der Waals surface area contributed by atoms with E-state index in [4.69, 9.17) is 5.73 Å². The Morgan fingerprint density at radius 2 is 2.08 bits per heavy atom. The first kappa shape index (κ1) is 16.9. The Morgan fingerprint density at radius 3 is 2.62 bits per heavy atom. The van der Waals surface area contributed by atoms with Crippen LogP contribution in [0.1, 0.15) is 12.5 Å². The summed E-state index contributed by atoms with van der Waals surface area (Å²) in [6.07, 6.45) is -0.911. The highest BCUT2D eigenvalue weighted by Crippen LogP contribution is 2.29. The van der Waals surface area contributed by atoms with Crippen LogP contribution < -0.4 is 11.1 Å². The van der Waals surface area contributed by atoms with Crippen molar-refractivity contribution >= 4 is 11.8 Å². The molecule has 0 aliphatic carbocycles. The molecule has 3 unspecified atom stereocenters. The van der Waals surface area contributed by atoms with E-state index in [1.165, 1.54) is 6.92 Å². The van der Waals surface area contributed by atoms with E-state index in [1.54, 1.807) is 4.90 Å². The average molecular weight is 332 g/mol. The number of carbonyl (C=O) groups is 2. The molecule has 7 nitrogen and oxygen atoms in total. The van der Waals surface area contributed by atoms with E-state index in [9.17, 15) is 14.7 Å². The molecule has 4 N–H and O–H groups in total. The highest BCUT2D eigenvalue weighted by molar-refractivity contribution is 5.94. The Bertz CT molecular complexity index is 622. The van der Waals surface area contributed by atoms with E-state index >= 15 is 0 Å². The lowest BCUT2D eigenvalue weighted by Gasteiger charge is -2.54. The van der Waals surface area contributed by atoms with Crippen molar-refractivity contribution in [3.8, 4) is 0 Å². The molecule has 1 aromatic carbocycles. The second kappa shape index (κ2) is 6.51. The minimum atomic E-state index is -0.953. The Hall–Kier alpha value is -1.96. The lowest BCUT2D eigenvalue weighted by molar-refractivity contribution is -0.157. The zero-order chi connectivity index (χ0) is 17.3. The van der Waals surface area contributed by atoms with Crippen LogP contribution in [0.15, 0.2) is 30.3 Å². The number of β-lactam (4-membered cyclic amide) rings is 1. The van der Waals surface area contributed by atoms with E-state index in [1.807, 2.05) is 30.3 Å². The van der Waals surface area contributed by atoms with E-state index in [2.05, 4.69) is 10.2 Å². The second-order valence-corrected chi connectivity index (χ2v) is 6.65. The fraction of sp³-hybridized carbons (Fsp3) is 0.529.